The van der Waals surface area contributed by atoms with Crippen molar-refractivity contribution in [1.82, 2.24) is 0 Å². The monoisotopic (exact) mass is 197 g/mol. The van der Waals surface area contributed by atoms with Crippen molar-refractivity contribution in [2.75, 3.05) is 17.8 Å². The zero-order valence-corrected chi connectivity index (χ0v) is 8.16. The average molecular weight is 197 g/mol. The molecule has 70 valence electrons. The maximum Gasteiger partial charge on any atom is 0.117 e. The van der Waals surface area contributed by atoms with Crippen molar-refractivity contribution >= 4 is 14.6 Å². The Morgan fingerprint density at radius 3 is 3.15 bits per heavy atom. The van der Waals surface area contributed by atoms with Gasteiger partial charge in [0, 0.05) is 18.2 Å². The van der Waals surface area contributed by atoms with Gasteiger partial charge in [-0.25, -0.2) is 0 Å². The number of nitrogens with zero attached hydrogens (tertiary/aromatic N) is 1. The van der Waals surface area contributed by atoms with Crippen LogP contribution in [0.4, 0.5) is 5.69 Å². The Kier molecular flexibility index (Phi) is 2.24. The van der Waals surface area contributed by atoms with Gasteiger partial charge in [-0.3, -0.25) is 0 Å². The molecule has 2 bridgehead atoms. The van der Waals surface area contributed by atoms with E-state index < -0.39 is 0 Å². The summed E-state index contributed by atoms with van der Waals surface area (Å²) in [6.07, 6.45) is 0. The topological polar surface area (TPSA) is 44.0 Å². The van der Waals surface area contributed by atoms with Gasteiger partial charge < -0.3 is 14.7 Å². The summed E-state index contributed by atoms with van der Waals surface area (Å²) < 4.78 is 7.83. The summed E-state index contributed by atoms with van der Waals surface area (Å²) >= 11 is 0. The number of benzene rings is 1. The lowest BCUT2D eigenvalue weighted by Crippen LogP contribution is -2.19. The third kappa shape index (κ3) is 1.24. The van der Waals surface area contributed by atoms with E-state index in [1.54, 1.807) is 0 Å². The van der Waals surface area contributed by atoms with Crippen LogP contribution in [0.2, 0.25) is 0 Å². The SMILES string of the molecule is O.c1ccc2c(c1)C1COPN2C1. The van der Waals surface area contributed by atoms with Crippen LogP contribution in [-0.4, -0.2) is 18.6 Å². The van der Waals surface area contributed by atoms with Crippen molar-refractivity contribution in [3.8, 4) is 0 Å². The average Bonchev–Trinajstić information content (AvgIpc) is 2.41. The molecule has 2 aliphatic heterocycles. The molecule has 0 radical (unpaired) electrons. The number of fused-ring (bicyclic) bond motifs is 5. The lowest BCUT2D eigenvalue weighted by molar-refractivity contribution is 0.318. The third-order valence-electron chi connectivity index (χ3n) is 2.53. The first-order valence-corrected chi connectivity index (χ1v) is 5.04. The minimum Gasteiger partial charge on any atom is -0.412 e. The molecule has 0 aliphatic carbocycles. The molecule has 2 atom stereocenters. The van der Waals surface area contributed by atoms with Gasteiger partial charge in [-0.2, -0.15) is 0 Å². The van der Waals surface area contributed by atoms with Crippen LogP contribution in [-0.2, 0) is 4.52 Å². The van der Waals surface area contributed by atoms with E-state index >= 15 is 0 Å². The molecular weight excluding hydrogens is 185 g/mol. The fourth-order valence-corrected chi connectivity index (χ4v) is 2.97. The Labute approximate surface area is 78.9 Å². The predicted molar refractivity (Wildman–Crippen MR) is 54.4 cm³/mol. The molecule has 2 aliphatic rings. The Bertz CT molecular complexity index is 289. The summed E-state index contributed by atoms with van der Waals surface area (Å²) in [5.74, 6) is 0.627. The second-order valence-electron chi connectivity index (χ2n) is 3.27. The van der Waals surface area contributed by atoms with Gasteiger partial charge in [-0.15, -0.1) is 0 Å². The molecule has 1 aromatic rings. The van der Waals surface area contributed by atoms with E-state index in [0.29, 0.717) is 14.9 Å². The molecule has 2 heterocycles. The summed E-state index contributed by atoms with van der Waals surface area (Å²) in [4.78, 5) is 0. The number of anilines is 1. The van der Waals surface area contributed by atoms with Crippen LogP contribution in [0, 0.1) is 0 Å². The standard InChI is InChI=1S/C9H10NOP.H2O/c1-2-4-9-8(3-1)7-5-10(9)12-11-6-7;/h1-4,7,12H,5-6H2;1H2. The highest BCUT2D eigenvalue weighted by atomic mass is 31.1. The van der Waals surface area contributed by atoms with E-state index in [1.165, 1.54) is 11.3 Å². The molecule has 2 unspecified atom stereocenters. The van der Waals surface area contributed by atoms with E-state index in [-0.39, 0.29) is 5.48 Å². The summed E-state index contributed by atoms with van der Waals surface area (Å²) in [6, 6.07) is 8.63. The summed E-state index contributed by atoms with van der Waals surface area (Å²) in [6.45, 7) is 2.07. The molecule has 3 rings (SSSR count). The van der Waals surface area contributed by atoms with Crippen molar-refractivity contribution in [3.63, 3.8) is 0 Å². The van der Waals surface area contributed by atoms with Gasteiger partial charge in [-0.05, 0) is 11.6 Å². The molecule has 0 spiro atoms. The fraction of sp³-hybridized carbons (Fsp3) is 0.333. The second kappa shape index (κ2) is 3.26. The molecule has 1 saturated heterocycles. The third-order valence-corrected chi connectivity index (χ3v) is 3.47. The first kappa shape index (κ1) is 8.95. The number of para-hydroxylation sites is 1. The number of hydrogen-bond donors (Lipinski definition) is 0. The summed E-state index contributed by atoms with van der Waals surface area (Å²) in [7, 11) is 0.535. The van der Waals surface area contributed by atoms with Gasteiger partial charge in [0.1, 0.15) is 8.96 Å². The molecule has 3 nitrogen and oxygen atoms in total. The summed E-state index contributed by atoms with van der Waals surface area (Å²) in [5.41, 5.74) is 2.86. The normalized spacial score (nSPS) is 25.5. The highest BCUT2D eigenvalue weighted by molar-refractivity contribution is 7.34. The minimum absolute atomic E-state index is 0. The van der Waals surface area contributed by atoms with Crippen LogP contribution in [0.15, 0.2) is 24.3 Å². The Morgan fingerprint density at radius 2 is 2.23 bits per heavy atom. The Morgan fingerprint density at radius 1 is 1.38 bits per heavy atom. The van der Waals surface area contributed by atoms with Gasteiger partial charge in [0.05, 0.1) is 6.61 Å². The first-order valence-electron chi connectivity index (χ1n) is 4.19. The van der Waals surface area contributed by atoms with Gasteiger partial charge >= 0.3 is 0 Å². The molecule has 0 aromatic heterocycles. The molecule has 1 fully saturated rings. The van der Waals surface area contributed by atoms with E-state index in [0.717, 1.165) is 13.2 Å². The van der Waals surface area contributed by atoms with Crippen LogP contribution in [0.5, 0.6) is 0 Å². The smallest absolute Gasteiger partial charge is 0.117 e. The van der Waals surface area contributed by atoms with Gasteiger partial charge in [-0.1, -0.05) is 18.2 Å². The van der Waals surface area contributed by atoms with Crippen LogP contribution in [0.25, 0.3) is 0 Å². The van der Waals surface area contributed by atoms with Crippen molar-refractivity contribution in [2.45, 2.75) is 5.92 Å². The van der Waals surface area contributed by atoms with Crippen molar-refractivity contribution in [2.24, 2.45) is 0 Å². The zero-order chi connectivity index (χ0) is 7.97. The van der Waals surface area contributed by atoms with Gasteiger partial charge in [0.25, 0.3) is 0 Å². The van der Waals surface area contributed by atoms with Crippen LogP contribution >= 0.6 is 8.96 Å². The van der Waals surface area contributed by atoms with Gasteiger partial charge in [0.15, 0.2) is 0 Å². The second-order valence-corrected chi connectivity index (χ2v) is 4.28. The molecular formula is C9H12NO2P. The van der Waals surface area contributed by atoms with E-state index in [9.17, 15) is 0 Å². The largest absolute Gasteiger partial charge is 0.412 e. The Balaban J connectivity index is 0.000000653. The van der Waals surface area contributed by atoms with E-state index in [2.05, 4.69) is 28.9 Å². The predicted octanol–water partition coefficient (Wildman–Crippen LogP) is 1.30. The Hall–Kier alpha value is -0.630. The molecule has 0 saturated carbocycles. The van der Waals surface area contributed by atoms with Crippen LogP contribution in [0.1, 0.15) is 11.5 Å². The van der Waals surface area contributed by atoms with Crippen molar-refractivity contribution < 1.29 is 10.00 Å². The van der Waals surface area contributed by atoms with E-state index in [1.807, 2.05) is 0 Å². The highest BCUT2D eigenvalue weighted by Gasteiger charge is 2.32. The molecule has 2 N–H and O–H groups in total. The zero-order valence-electron chi connectivity index (χ0n) is 7.16. The maximum atomic E-state index is 5.49. The van der Waals surface area contributed by atoms with Crippen LogP contribution < -0.4 is 4.67 Å². The number of hydrogen-bond acceptors (Lipinski definition) is 2. The molecule has 4 heteroatoms. The first-order chi connectivity index (χ1) is 5.95. The highest BCUT2D eigenvalue weighted by Crippen LogP contribution is 2.46. The lowest BCUT2D eigenvalue weighted by atomic mass is 10.0. The lowest BCUT2D eigenvalue weighted by Gasteiger charge is -2.23. The summed E-state index contributed by atoms with van der Waals surface area (Å²) in [5, 5.41) is 0. The fourth-order valence-electron chi connectivity index (χ4n) is 1.94. The van der Waals surface area contributed by atoms with Gasteiger partial charge in [0.2, 0.25) is 0 Å². The van der Waals surface area contributed by atoms with E-state index in [4.69, 9.17) is 4.52 Å². The quantitative estimate of drug-likeness (QED) is 0.588. The minimum atomic E-state index is 0. The maximum absolute atomic E-state index is 5.49. The molecule has 0 amide bonds. The molecule has 1 aromatic carbocycles. The number of rotatable bonds is 0. The van der Waals surface area contributed by atoms with Crippen LogP contribution in [0.3, 0.4) is 0 Å². The molecule has 13 heavy (non-hydrogen) atoms. The van der Waals surface area contributed by atoms with Crippen molar-refractivity contribution in [3.05, 3.63) is 29.8 Å². The van der Waals surface area contributed by atoms with Crippen molar-refractivity contribution in [1.29, 1.82) is 0 Å².